The lowest BCUT2D eigenvalue weighted by molar-refractivity contribution is -0.156. The summed E-state index contributed by atoms with van der Waals surface area (Å²) in [6.07, 6.45) is 0.703. The van der Waals surface area contributed by atoms with E-state index in [4.69, 9.17) is 5.11 Å². The van der Waals surface area contributed by atoms with Crippen LogP contribution >= 0.6 is 0 Å². The Labute approximate surface area is 106 Å². The highest BCUT2D eigenvalue weighted by molar-refractivity contribution is 5.91. The lowest BCUT2D eigenvalue weighted by Gasteiger charge is -2.38. The summed E-state index contributed by atoms with van der Waals surface area (Å²) in [5, 5.41) is 9.13. The Balaban J connectivity index is 2.18. The third kappa shape index (κ3) is 1.78. The third-order valence-electron chi connectivity index (χ3n) is 3.85. The van der Waals surface area contributed by atoms with Crippen molar-refractivity contribution in [2.45, 2.75) is 31.7 Å². The number of fused-ring (bicyclic) bond motifs is 1. The maximum atomic E-state index is 12.3. The number of nitrogens with zero attached hydrogens (tertiary/aromatic N) is 1. The molecule has 96 valence electrons. The highest BCUT2D eigenvalue weighted by atomic mass is 16.4. The van der Waals surface area contributed by atoms with Gasteiger partial charge in [-0.3, -0.25) is 4.79 Å². The Bertz CT molecular complexity index is 508. The van der Waals surface area contributed by atoms with E-state index in [9.17, 15) is 9.59 Å². The molecule has 1 aromatic rings. The Hall–Kier alpha value is -1.84. The van der Waals surface area contributed by atoms with Crippen LogP contribution in [0.25, 0.3) is 0 Å². The fraction of sp³-hybridized carbons (Fsp3) is 0.429. The van der Waals surface area contributed by atoms with Crippen LogP contribution in [-0.4, -0.2) is 34.5 Å². The number of amides is 1. The fourth-order valence-corrected chi connectivity index (χ4v) is 2.13. The molecule has 0 saturated heterocycles. The van der Waals surface area contributed by atoms with E-state index in [1.165, 1.54) is 24.3 Å². The smallest absolute Gasteiger partial charge is 0.329 e. The normalized spacial score (nSPS) is 17.6. The minimum atomic E-state index is -1.18. The van der Waals surface area contributed by atoms with Crippen LogP contribution in [0.5, 0.6) is 0 Å². The molecule has 0 heterocycles. The molecule has 2 rings (SSSR count). The summed E-state index contributed by atoms with van der Waals surface area (Å²) in [5.74, 6) is -1.31. The minimum Gasteiger partial charge on any atom is -0.480 e. The van der Waals surface area contributed by atoms with Gasteiger partial charge < -0.3 is 10.0 Å². The molecule has 1 aliphatic rings. The van der Waals surface area contributed by atoms with Gasteiger partial charge in [-0.15, -0.1) is 0 Å². The minimum absolute atomic E-state index is 0.124. The first-order valence-electron chi connectivity index (χ1n) is 5.94. The average molecular weight is 247 g/mol. The van der Waals surface area contributed by atoms with Crippen LogP contribution < -0.4 is 0 Å². The molecule has 0 aliphatic heterocycles. The lowest BCUT2D eigenvalue weighted by Crippen LogP contribution is -2.53. The van der Waals surface area contributed by atoms with Crippen molar-refractivity contribution in [3.05, 3.63) is 35.4 Å². The molecule has 1 N–H and O–H groups in total. The van der Waals surface area contributed by atoms with E-state index in [0.29, 0.717) is 6.42 Å². The number of aliphatic carboxylic acids is 1. The van der Waals surface area contributed by atoms with Gasteiger partial charge in [0.2, 0.25) is 5.91 Å². The zero-order valence-electron chi connectivity index (χ0n) is 10.8. The molecule has 1 atom stereocenters. The summed E-state index contributed by atoms with van der Waals surface area (Å²) in [5.41, 5.74) is 1.02. The number of carboxylic acid groups (broad SMARTS) is 1. The molecule has 0 aromatic heterocycles. The molecular formula is C14H17NO3. The maximum Gasteiger partial charge on any atom is 0.329 e. The zero-order chi connectivity index (χ0) is 13.5. The predicted molar refractivity (Wildman–Crippen MR) is 67.4 cm³/mol. The van der Waals surface area contributed by atoms with E-state index in [-0.39, 0.29) is 11.8 Å². The van der Waals surface area contributed by atoms with Gasteiger partial charge in [0.25, 0.3) is 0 Å². The van der Waals surface area contributed by atoms with Gasteiger partial charge in [-0.05, 0) is 31.4 Å². The van der Waals surface area contributed by atoms with Crippen molar-refractivity contribution in [1.29, 1.82) is 0 Å². The molecule has 4 heteroatoms. The van der Waals surface area contributed by atoms with E-state index >= 15 is 0 Å². The molecule has 0 saturated carbocycles. The number of rotatable bonds is 3. The number of carbonyl (C=O) groups excluding carboxylic acids is 1. The first kappa shape index (κ1) is 12.6. The van der Waals surface area contributed by atoms with E-state index in [0.717, 1.165) is 5.56 Å². The SMILES string of the molecule is CN(C(=O)C1Cc2ccccc21)C(C)(C)C(=O)O. The summed E-state index contributed by atoms with van der Waals surface area (Å²) in [6, 6.07) is 7.79. The fourth-order valence-electron chi connectivity index (χ4n) is 2.13. The van der Waals surface area contributed by atoms with Crippen molar-refractivity contribution in [3.8, 4) is 0 Å². The topological polar surface area (TPSA) is 57.6 Å². The Morgan fingerprint density at radius 2 is 1.94 bits per heavy atom. The average Bonchev–Trinajstić information content (AvgIpc) is 2.29. The molecule has 1 unspecified atom stereocenters. The molecule has 0 spiro atoms. The maximum absolute atomic E-state index is 12.3. The summed E-state index contributed by atoms with van der Waals surface area (Å²) in [7, 11) is 1.55. The number of hydrogen-bond acceptors (Lipinski definition) is 2. The van der Waals surface area contributed by atoms with Crippen LogP contribution in [0, 0.1) is 0 Å². The highest BCUT2D eigenvalue weighted by Gasteiger charge is 2.41. The van der Waals surface area contributed by atoms with Crippen molar-refractivity contribution in [2.75, 3.05) is 7.05 Å². The van der Waals surface area contributed by atoms with Gasteiger partial charge in [-0.25, -0.2) is 4.79 Å². The summed E-state index contributed by atoms with van der Waals surface area (Å²) in [4.78, 5) is 24.8. The number of carboxylic acids is 1. The van der Waals surface area contributed by atoms with Crippen LogP contribution in [0.2, 0.25) is 0 Å². The summed E-state index contributed by atoms with van der Waals surface area (Å²) < 4.78 is 0. The van der Waals surface area contributed by atoms with Crippen molar-refractivity contribution >= 4 is 11.9 Å². The first-order valence-corrected chi connectivity index (χ1v) is 5.94. The van der Waals surface area contributed by atoms with Gasteiger partial charge in [0.15, 0.2) is 0 Å². The first-order chi connectivity index (χ1) is 8.35. The summed E-state index contributed by atoms with van der Waals surface area (Å²) in [6.45, 7) is 3.08. The number of carbonyl (C=O) groups is 2. The van der Waals surface area contributed by atoms with Crippen LogP contribution in [0.4, 0.5) is 0 Å². The molecule has 0 radical (unpaired) electrons. The second-order valence-electron chi connectivity index (χ2n) is 5.22. The van der Waals surface area contributed by atoms with E-state index in [2.05, 4.69) is 0 Å². The van der Waals surface area contributed by atoms with Crippen LogP contribution in [0.1, 0.15) is 30.9 Å². The van der Waals surface area contributed by atoms with Crippen LogP contribution in [0.15, 0.2) is 24.3 Å². The monoisotopic (exact) mass is 247 g/mol. The number of hydrogen-bond donors (Lipinski definition) is 1. The van der Waals surface area contributed by atoms with Gasteiger partial charge in [-0.1, -0.05) is 24.3 Å². The highest BCUT2D eigenvalue weighted by Crippen LogP contribution is 2.37. The lowest BCUT2D eigenvalue weighted by atomic mass is 9.76. The van der Waals surface area contributed by atoms with Crippen molar-refractivity contribution < 1.29 is 14.7 Å². The second-order valence-corrected chi connectivity index (χ2v) is 5.22. The molecule has 0 bridgehead atoms. The standard InChI is InChI=1S/C14H17NO3/c1-14(2,13(17)18)15(3)12(16)11-8-9-6-4-5-7-10(9)11/h4-7,11H,8H2,1-3H3,(H,17,18). The molecule has 1 amide bonds. The molecule has 0 fully saturated rings. The van der Waals surface area contributed by atoms with E-state index in [1.807, 2.05) is 24.3 Å². The van der Waals surface area contributed by atoms with Gasteiger partial charge in [0.05, 0.1) is 5.92 Å². The van der Waals surface area contributed by atoms with Crippen molar-refractivity contribution in [2.24, 2.45) is 0 Å². The molecule has 1 aromatic carbocycles. The quantitative estimate of drug-likeness (QED) is 0.883. The van der Waals surface area contributed by atoms with Gasteiger partial charge in [0, 0.05) is 7.05 Å². The zero-order valence-corrected chi connectivity index (χ0v) is 10.8. The Morgan fingerprint density at radius 3 is 2.50 bits per heavy atom. The molecule has 1 aliphatic carbocycles. The Morgan fingerprint density at radius 1 is 1.33 bits per heavy atom. The second kappa shape index (κ2) is 4.12. The van der Waals surface area contributed by atoms with E-state index in [1.54, 1.807) is 7.05 Å². The van der Waals surface area contributed by atoms with Gasteiger partial charge in [0.1, 0.15) is 5.54 Å². The van der Waals surface area contributed by atoms with Gasteiger partial charge >= 0.3 is 5.97 Å². The number of benzene rings is 1. The number of likely N-dealkylation sites (N-methyl/N-ethyl adjacent to an activating group) is 1. The third-order valence-corrected chi connectivity index (χ3v) is 3.85. The predicted octanol–water partition coefficient (Wildman–Crippen LogP) is 1.65. The van der Waals surface area contributed by atoms with Crippen molar-refractivity contribution in [3.63, 3.8) is 0 Å². The molecular weight excluding hydrogens is 230 g/mol. The summed E-state index contributed by atoms with van der Waals surface area (Å²) >= 11 is 0. The van der Waals surface area contributed by atoms with Crippen LogP contribution in [-0.2, 0) is 16.0 Å². The van der Waals surface area contributed by atoms with Gasteiger partial charge in [-0.2, -0.15) is 0 Å². The van der Waals surface area contributed by atoms with Crippen molar-refractivity contribution in [1.82, 2.24) is 4.90 Å². The van der Waals surface area contributed by atoms with E-state index < -0.39 is 11.5 Å². The Kier molecular flexibility index (Phi) is 2.89. The largest absolute Gasteiger partial charge is 0.480 e. The van der Waals surface area contributed by atoms with Crippen LogP contribution in [0.3, 0.4) is 0 Å². The molecule has 18 heavy (non-hydrogen) atoms. The molecule has 4 nitrogen and oxygen atoms in total.